The molecule has 1 heterocycles. The number of nitrogens with one attached hydrogen (secondary N) is 1. The zero-order valence-electron chi connectivity index (χ0n) is 20.1. The average Bonchev–Trinajstić information content (AvgIpc) is 3.36. The fourth-order valence-corrected chi connectivity index (χ4v) is 4.06. The van der Waals surface area contributed by atoms with Crippen molar-refractivity contribution in [1.82, 2.24) is 10.2 Å². The van der Waals surface area contributed by atoms with Gasteiger partial charge < -0.3 is 24.4 Å². The fraction of sp³-hybridized carbons (Fsp3) is 0.519. The summed E-state index contributed by atoms with van der Waals surface area (Å²) in [5.41, 5.74) is 1.15. The van der Waals surface area contributed by atoms with Crippen molar-refractivity contribution in [3.8, 4) is 17.2 Å². The van der Waals surface area contributed by atoms with Crippen molar-refractivity contribution in [1.29, 1.82) is 0 Å². The molecule has 0 radical (unpaired) electrons. The van der Waals surface area contributed by atoms with Crippen LogP contribution in [-0.4, -0.2) is 63.5 Å². The molecule has 1 saturated heterocycles. The van der Waals surface area contributed by atoms with E-state index in [1.807, 2.05) is 48.5 Å². The standard InChI is InChI=1S/C27H37FN2O4/c1-32-24-10-12-26(13-11-24)34-19-14-27(31)29-23(21-30-16-3-4-17-30)20-22-6-8-25(9-7-22)33-18-5-2-15-28/h6-13,23H,2-5,14-21H2,1H3,(H,29,31)/t23-/m0/s1. The van der Waals surface area contributed by atoms with E-state index in [0.717, 1.165) is 43.1 Å². The van der Waals surface area contributed by atoms with Gasteiger partial charge in [-0.2, -0.15) is 0 Å². The first-order valence-electron chi connectivity index (χ1n) is 12.2. The second-order valence-corrected chi connectivity index (χ2v) is 8.64. The van der Waals surface area contributed by atoms with Crippen LogP contribution in [0.2, 0.25) is 0 Å². The first kappa shape index (κ1) is 25.8. The Hall–Kier alpha value is -2.80. The molecule has 0 aliphatic carbocycles. The van der Waals surface area contributed by atoms with Gasteiger partial charge in [0.2, 0.25) is 5.91 Å². The molecule has 7 heteroatoms. The van der Waals surface area contributed by atoms with Gasteiger partial charge in [-0.15, -0.1) is 0 Å². The Balaban J connectivity index is 1.48. The maximum atomic E-state index is 12.7. The minimum atomic E-state index is -0.306. The number of unbranched alkanes of at least 4 members (excludes halogenated alkanes) is 1. The summed E-state index contributed by atoms with van der Waals surface area (Å²) in [6, 6.07) is 15.3. The van der Waals surface area contributed by atoms with Crippen LogP contribution in [0.4, 0.5) is 4.39 Å². The molecule has 0 aromatic heterocycles. The molecule has 6 nitrogen and oxygen atoms in total. The molecule has 1 aliphatic heterocycles. The van der Waals surface area contributed by atoms with E-state index in [9.17, 15) is 9.18 Å². The number of carbonyl (C=O) groups excluding carboxylic acids is 1. The summed E-state index contributed by atoms with van der Waals surface area (Å²) in [6.45, 7) is 3.54. The van der Waals surface area contributed by atoms with Crippen LogP contribution in [0.3, 0.4) is 0 Å². The highest BCUT2D eigenvalue weighted by Crippen LogP contribution is 2.18. The molecular weight excluding hydrogens is 435 g/mol. The van der Waals surface area contributed by atoms with Crippen LogP contribution in [-0.2, 0) is 11.2 Å². The molecule has 1 atom stereocenters. The number of benzene rings is 2. The molecule has 2 aromatic rings. The zero-order chi connectivity index (χ0) is 24.0. The predicted molar refractivity (Wildman–Crippen MR) is 132 cm³/mol. The molecule has 186 valence electrons. The van der Waals surface area contributed by atoms with Crippen molar-refractivity contribution in [3.05, 3.63) is 54.1 Å². The summed E-state index contributed by atoms with van der Waals surface area (Å²) in [5, 5.41) is 3.21. The van der Waals surface area contributed by atoms with E-state index in [-0.39, 0.29) is 18.6 Å². The predicted octanol–water partition coefficient (Wildman–Crippen LogP) is 4.42. The van der Waals surface area contributed by atoms with Crippen LogP contribution in [0.5, 0.6) is 17.2 Å². The lowest BCUT2D eigenvalue weighted by molar-refractivity contribution is -0.122. The van der Waals surface area contributed by atoms with Crippen LogP contribution < -0.4 is 19.5 Å². The van der Waals surface area contributed by atoms with Gasteiger partial charge in [0, 0.05) is 12.6 Å². The van der Waals surface area contributed by atoms with Gasteiger partial charge in [-0.1, -0.05) is 12.1 Å². The van der Waals surface area contributed by atoms with Crippen molar-refractivity contribution in [3.63, 3.8) is 0 Å². The fourth-order valence-electron chi connectivity index (χ4n) is 4.06. The van der Waals surface area contributed by atoms with Crippen molar-refractivity contribution in [2.45, 2.75) is 44.6 Å². The van der Waals surface area contributed by atoms with Gasteiger partial charge in [0.25, 0.3) is 0 Å². The normalized spacial score (nSPS) is 14.5. The van der Waals surface area contributed by atoms with E-state index in [1.165, 1.54) is 12.8 Å². The molecule has 0 bridgehead atoms. The van der Waals surface area contributed by atoms with E-state index in [0.29, 0.717) is 38.2 Å². The molecule has 34 heavy (non-hydrogen) atoms. The first-order chi connectivity index (χ1) is 16.7. The minimum absolute atomic E-state index is 0.00877. The van der Waals surface area contributed by atoms with Crippen molar-refractivity contribution in [2.75, 3.05) is 46.6 Å². The molecule has 1 N–H and O–H groups in total. The molecular formula is C27H37FN2O4. The van der Waals surface area contributed by atoms with E-state index >= 15 is 0 Å². The highest BCUT2D eigenvalue weighted by atomic mass is 19.1. The topological polar surface area (TPSA) is 60.0 Å². The highest BCUT2D eigenvalue weighted by Gasteiger charge is 2.20. The third kappa shape index (κ3) is 9.21. The number of nitrogens with zero attached hydrogens (tertiary/aromatic N) is 1. The number of halogens is 1. The number of rotatable bonds is 15. The third-order valence-corrected chi connectivity index (χ3v) is 5.90. The van der Waals surface area contributed by atoms with Gasteiger partial charge in [-0.05, 0) is 87.2 Å². The molecule has 0 saturated carbocycles. The van der Waals surface area contributed by atoms with Gasteiger partial charge in [-0.3, -0.25) is 9.18 Å². The van der Waals surface area contributed by atoms with Crippen LogP contribution in [0, 0.1) is 0 Å². The largest absolute Gasteiger partial charge is 0.497 e. The highest BCUT2D eigenvalue weighted by molar-refractivity contribution is 5.76. The number of likely N-dealkylation sites (tertiary alicyclic amines) is 1. The van der Waals surface area contributed by atoms with Crippen LogP contribution >= 0.6 is 0 Å². The summed E-state index contributed by atoms with van der Waals surface area (Å²) < 4.78 is 28.7. The molecule has 3 rings (SSSR count). The monoisotopic (exact) mass is 472 g/mol. The number of hydrogen-bond acceptors (Lipinski definition) is 5. The molecule has 1 fully saturated rings. The zero-order valence-corrected chi connectivity index (χ0v) is 20.1. The smallest absolute Gasteiger partial charge is 0.223 e. The quantitative estimate of drug-likeness (QED) is 0.389. The maximum absolute atomic E-state index is 12.7. The van der Waals surface area contributed by atoms with Crippen LogP contribution in [0.15, 0.2) is 48.5 Å². The molecule has 2 aromatic carbocycles. The summed E-state index contributed by atoms with van der Waals surface area (Å²) in [7, 11) is 1.62. The summed E-state index contributed by atoms with van der Waals surface area (Å²) in [6.07, 6.45) is 4.72. The summed E-state index contributed by atoms with van der Waals surface area (Å²) in [5.74, 6) is 2.27. The lowest BCUT2D eigenvalue weighted by Crippen LogP contribution is -2.44. The second kappa shape index (κ2) is 14.5. The number of amides is 1. The summed E-state index contributed by atoms with van der Waals surface area (Å²) >= 11 is 0. The Morgan fingerprint density at radius 1 is 0.941 bits per heavy atom. The molecule has 0 spiro atoms. The lowest BCUT2D eigenvalue weighted by atomic mass is 10.0. The Morgan fingerprint density at radius 3 is 2.21 bits per heavy atom. The summed E-state index contributed by atoms with van der Waals surface area (Å²) in [4.78, 5) is 15.1. The van der Waals surface area contributed by atoms with Crippen LogP contribution in [0.1, 0.15) is 37.7 Å². The van der Waals surface area contributed by atoms with E-state index in [4.69, 9.17) is 14.2 Å². The molecule has 1 amide bonds. The number of carbonyl (C=O) groups is 1. The van der Waals surface area contributed by atoms with Crippen molar-refractivity contribution < 1.29 is 23.4 Å². The Bertz CT molecular complexity index is 839. The lowest BCUT2D eigenvalue weighted by Gasteiger charge is -2.25. The number of methoxy groups -OCH3 is 1. The van der Waals surface area contributed by atoms with Gasteiger partial charge >= 0.3 is 0 Å². The molecule has 0 unspecified atom stereocenters. The Morgan fingerprint density at radius 2 is 1.56 bits per heavy atom. The Kier molecular flexibility index (Phi) is 11.0. The van der Waals surface area contributed by atoms with E-state index in [2.05, 4.69) is 10.2 Å². The van der Waals surface area contributed by atoms with E-state index in [1.54, 1.807) is 7.11 Å². The van der Waals surface area contributed by atoms with Crippen LogP contribution in [0.25, 0.3) is 0 Å². The SMILES string of the molecule is COc1ccc(OCCC(=O)N[C@@H](Cc2ccc(OCCCCF)cc2)CN2CCCC2)cc1. The van der Waals surface area contributed by atoms with Gasteiger partial charge in [0.1, 0.15) is 17.2 Å². The maximum Gasteiger partial charge on any atom is 0.223 e. The third-order valence-electron chi connectivity index (χ3n) is 5.90. The van der Waals surface area contributed by atoms with Gasteiger partial charge in [0.05, 0.1) is 33.4 Å². The van der Waals surface area contributed by atoms with E-state index < -0.39 is 0 Å². The first-order valence-corrected chi connectivity index (χ1v) is 12.2. The van der Waals surface area contributed by atoms with Crippen molar-refractivity contribution in [2.24, 2.45) is 0 Å². The number of ether oxygens (including phenoxy) is 3. The van der Waals surface area contributed by atoms with Crippen molar-refractivity contribution >= 4 is 5.91 Å². The van der Waals surface area contributed by atoms with Gasteiger partial charge in [-0.25, -0.2) is 0 Å². The minimum Gasteiger partial charge on any atom is -0.497 e. The average molecular weight is 473 g/mol. The number of alkyl halides is 1. The Labute approximate surface area is 202 Å². The number of hydrogen-bond donors (Lipinski definition) is 1. The second-order valence-electron chi connectivity index (χ2n) is 8.64. The molecule has 1 aliphatic rings. The van der Waals surface area contributed by atoms with Gasteiger partial charge in [0.15, 0.2) is 0 Å².